The molecule has 2 rings (SSSR count). The van der Waals surface area contributed by atoms with Crippen molar-refractivity contribution < 1.29 is 5.11 Å². The Morgan fingerprint density at radius 3 is 2.39 bits per heavy atom. The van der Waals surface area contributed by atoms with Gasteiger partial charge in [-0.25, -0.2) is 0 Å². The second-order valence-electron chi connectivity index (χ2n) is 4.76. The maximum absolute atomic E-state index is 9.38. The van der Waals surface area contributed by atoms with Crippen molar-refractivity contribution in [3.63, 3.8) is 0 Å². The van der Waals surface area contributed by atoms with Crippen molar-refractivity contribution in [2.45, 2.75) is 33.1 Å². The van der Waals surface area contributed by atoms with Crippen LogP contribution in [0.25, 0.3) is 11.1 Å². The third-order valence-electron chi connectivity index (χ3n) is 3.31. The van der Waals surface area contributed by atoms with E-state index in [9.17, 15) is 5.11 Å². The van der Waals surface area contributed by atoms with E-state index in [1.807, 2.05) is 12.1 Å². The van der Waals surface area contributed by atoms with Gasteiger partial charge in [-0.05, 0) is 54.2 Å². The van der Waals surface area contributed by atoms with Crippen LogP contribution in [0.15, 0.2) is 42.5 Å². The molecule has 0 atom stereocenters. The van der Waals surface area contributed by atoms with Crippen LogP contribution in [0.5, 0.6) is 5.75 Å². The van der Waals surface area contributed by atoms with Gasteiger partial charge in [-0.15, -0.1) is 0 Å². The second kappa shape index (κ2) is 5.72. The maximum Gasteiger partial charge on any atom is 0.115 e. The van der Waals surface area contributed by atoms with Gasteiger partial charge in [0, 0.05) is 0 Å². The van der Waals surface area contributed by atoms with Crippen LogP contribution in [0.3, 0.4) is 0 Å². The molecule has 0 saturated carbocycles. The van der Waals surface area contributed by atoms with Crippen LogP contribution in [0, 0.1) is 6.92 Å². The summed E-state index contributed by atoms with van der Waals surface area (Å²) in [6.45, 7) is 4.37. The first-order valence-corrected chi connectivity index (χ1v) is 6.60. The highest BCUT2D eigenvalue weighted by molar-refractivity contribution is 5.71. The molecule has 94 valence electrons. The molecule has 2 aromatic rings. The SMILES string of the molecule is CCCCc1cccc(C)c1-c1ccc(O)cc1. The Morgan fingerprint density at radius 2 is 1.72 bits per heavy atom. The summed E-state index contributed by atoms with van der Waals surface area (Å²) >= 11 is 0. The topological polar surface area (TPSA) is 20.2 Å². The van der Waals surface area contributed by atoms with E-state index in [4.69, 9.17) is 0 Å². The standard InChI is InChI=1S/C17H20O/c1-3-4-7-14-8-5-6-13(2)17(14)15-9-11-16(18)12-10-15/h5-6,8-12,18H,3-4,7H2,1-2H3. The maximum atomic E-state index is 9.38. The predicted octanol–water partition coefficient (Wildman–Crippen LogP) is 4.71. The summed E-state index contributed by atoms with van der Waals surface area (Å²) in [6.07, 6.45) is 3.55. The molecule has 0 aliphatic rings. The Balaban J connectivity index is 2.44. The van der Waals surface area contributed by atoms with Crippen molar-refractivity contribution in [3.05, 3.63) is 53.6 Å². The second-order valence-corrected chi connectivity index (χ2v) is 4.76. The van der Waals surface area contributed by atoms with Crippen LogP contribution in [-0.4, -0.2) is 5.11 Å². The summed E-state index contributed by atoms with van der Waals surface area (Å²) in [6, 6.07) is 14.0. The molecule has 0 aromatic heterocycles. The molecule has 0 spiro atoms. The van der Waals surface area contributed by atoms with Gasteiger partial charge in [0.05, 0.1) is 0 Å². The van der Waals surface area contributed by atoms with E-state index < -0.39 is 0 Å². The molecular formula is C17H20O. The third kappa shape index (κ3) is 2.73. The number of hydrogen-bond donors (Lipinski definition) is 1. The number of hydrogen-bond acceptors (Lipinski definition) is 1. The molecule has 0 radical (unpaired) electrons. The van der Waals surface area contributed by atoms with Gasteiger partial charge in [0.1, 0.15) is 5.75 Å². The lowest BCUT2D eigenvalue weighted by Gasteiger charge is -2.13. The van der Waals surface area contributed by atoms with E-state index >= 15 is 0 Å². The van der Waals surface area contributed by atoms with Crippen molar-refractivity contribution in [1.29, 1.82) is 0 Å². The number of phenolic OH excluding ortho intramolecular Hbond substituents is 1. The Morgan fingerprint density at radius 1 is 1.00 bits per heavy atom. The van der Waals surface area contributed by atoms with E-state index in [-0.39, 0.29) is 0 Å². The zero-order chi connectivity index (χ0) is 13.0. The van der Waals surface area contributed by atoms with E-state index in [0.29, 0.717) is 5.75 Å². The van der Waals surface area contributed by atoms with Crippen molar-refractivity contribution in [2.75, 3.05) is 0 Å². The fraction of sp³-hybridized carbons (Fsp3) is 0.294. The molecule has 18 heavy (non-hydrogen) atoms. The van der Waals surface area contributed by atoms with Crippen molar-refractivity contribution in [1.82, 2.24) is 0 Å². The minimum absolute atomic E-state index is 0.322. The van der Waals surface area contributed by atoms with E-state index in [1.165, 1.54) is 35.1 Å². The minimum atomic E-state index is 0.322. The summed E-state index contributed by atoms with van der Waals surface area (Å²) in [4.78, 5) is 0. The first-order valence-electron chi connectivity index (χ1n) is 6.60. The fourth-order valence-electron chi connectivity index (χ4n) is 2.35. The summed E-state index contributed by atoms with van der Waals surface area (Å²) in [7, 11) is 0. The van der Waals surface area contributed by atoms with Crippen LogP contribution < -0.4 is 0 Å². The highest BCUT2D eigenvalue weighted by atomic mass is 16.3. The van der Waals surface area contributed by atoms with Crippen LogP contribution in [0.1, 0.15) is 30.9 Å². The lowest BCUT2D eigenvalue weighted by atomic mass is 9.92. The Labute approximate surface area is 109 Å². The van der Waals surface area contributed by atoms with Gasteiger partial charge in [-0.1, -0.05) is 43.7 Å². The number of phenols is 1. The van der Waals surface area contributed by atoms with Gasteiger partial charge in [-0.2, -0.15) is 0 Å². The first-order chi connectivity index (χ1) is 8.72. The van der Waals surface area contributed by atoms with Crippen LogP contribution >= 0.6 is 0 Å². The van der Waals surface area contributed by atoms with Crippen molar-refractivity contribution in [3.8, 4) is 16.9 Å². The first kappa shape index (κ1) is 12.7. The molecule has 2 aromatic carbocycles. The van der Waals surface area contributed by atoms with Gasteiger partial charge in [0.2, 0.25) is 0 Å². The van der Waals surface area contributed by atoms with Crippen molar-refractivity contribution >= 4 is 0 Å². The number of rotatable bonds is 4. The lowest BCUT2D eigenvalue weighted by molar-refractivity contribution is 0.475. The Kier molecular flexibility index (Phi) is 4.03. The molecule has 0 bridgehead atoms. The number of unbranched alkanes of at least 4 members (excludes halogenated alkanes) is 1. The molecule has 1 heteroatoms. The van der Waals surface area contributed by atoms with Crippen LogP contribution in [0.4, 0.5) is 0 Å². The Hall–Kier alpha value is -1.76. The number of benzene rings is 2. The predicted molar refractivity (Wildman–Crippen MR) is 76.9 cm³/mol. The lowest BCUT2D eigenvalue weighted by Crippen LogP contribution is -1.93. The van der Waals surface area contributed by atoms with E-state index in [1.54, 1.807) is 12.1 Å². The Bertz CT molecular complexity index is 512. The molecule has 0 saturated heterocycles. The molecular weight excluding hydrogens is 220 g/mol. The molecule has 0 aliphatic heterocycles. The smallest absolute Gasteiger partial charge is 0.115 e. The fourth-order valence-corrected chi connectivity index (χ4v) is 2.35. The summed E-state index contributed by atoms with van der Waals surface area (Å²) < 4.78 is 0. The minimum Gasteiger partial charge on any atom is -0.508 e. The summed E-state index contributed by atoms with van der Waals surface area (Å²) in [5.41, 5.74) is 5.22. The van der Waals surface area contributed by atoms with E-state index in [0.717, 1.165) is 6.42 Å². The average molecular weight is 240 g/mol. The van der Waals surface area contributed by atoms with Gasteiger partial charge < -0.3 is 5.11 Å². The number of aromatic hydroxyl groups is 1. The molecule has 0 heterocycles. The molecule has 0 aliphatic carbocycles. The molecule has 0 amide bonds. The van der Waals surface area contributed by atoms with E-state index in [2.05, 4.69) is 32.0 Å². The summed E-state index contributed by atoms with van der Waals surface area (Å²) in [5.74, 6) is 0.322. The van der Waals surface area contributed by atoms with Gasteiger partial charge in [0.15, 0.2) is 0 Å². The quantitative estimate of drug-likeness (QED) is 0.820. The molecule has 1 N–H and O–H groups in total. The average Bonchev–Trinajstić information content (AvgIpc) is 2.38. The molecule has 0 fully saturated rings. The molecule has 1 nitrogen and oxygen atoms in total. The van der Waals surface area contributed by atoms with Crippen molar-refractivity contribution in [2.24, 2.45) is 0 Å². The van der Waals surface area contributed by atoms with Gasteiger partial charge in [-0.3, -0.25) is 0 Å². The monoisotopic (exact) mass is 240 g/mol. The zero-order valence-electron chi connectivity index (χ0n) is 11.1. The highest BCUT2D eigenvalue weighted by Crippen LogP contribution is 2.29. The zero-order valence-corrected chi connectivity index (χ0v) is 11.1. The van der Waals surface area contributed by atoms with Crippen LogP contribution in [0.2, 0.25) is 0 Å². The number of aryl methyl sites for hydroxylation is 2. The largest absolute Gasteiger partial charge is 0.508 e. The van der Waals surface area contributed by atoms with Gasteiger partial charge in [0.25, 0.3) is 0 Å². The third-order valence-corrected chi connectivity index (χ3v) is 3.31. The normalized spacial score (nSPS) is 10.6. The van der Waals surface area contributed by atoms with Gasteiger partial charge >= 0.3 is 0 Å². The highest BCUT2D eigenvalue weighted by Gasteiger charge is 2.07. The summed E-state index contributed by atoms with van der Waals surface area (Å²) in [5, 5.41) is 9.38. The van der Waals surface area contributed by atoms with Crippen LogP contribution in [-0.2, 0) is 6.42 Å². The molecule has 0 unspecified atom stereocenters.